The van der Waals surface area contributed by atoms with Crippen LogP contribution in [-0.2, 0) is 0 Å². The van der Waals surface area contributed by atoms with E-state index in [-0.39, 0.29) is 0 Å². The van der Waals surface area contributed by atoms with Crippen LogP contribution in [0.5, 0.6) is 0 Å². The van der Waals surface area contributed by atoms with Gasteiger partial charge >= 0.3 is 0 Å². The van der Waals surface area contributed by atoms with E-state index in [1.165, 1.54) is 32.6 Å². The van der Waals surface area contributed by atoms with Crippen molar-refractivity contribution in [3.63, 3.8) is 0 Å². The molecule has 0 fully saturated rings. The third-order valence-corrected chi connectivity index (χ3v) is 11.1. The maximum absolute atomic E-state index is 10.5. The van der Waals surface area contributed by atoms with Crippen LogP contribution >= 0.6 is 0 Å². The van der Waals surface area contributed by atoms with Crippen LogP contribution in [0.2, 0.25) is 0 Å². The molecule has 11 rings (SSSR count). The molecular weight excluding hydrogens is 671 g/mol. The third kappa shape index (κ3) is 4.39. The number of aromatic nitrogens is 3. The molecular formula is C50H29N5. The van der Waals surface area contributed by atoms with E-state index in [0.717, 1.165) is 61.0 Å². The van der Waals surface area contributed by atoms with E-state index in [1.54, 1.807) is 0 Å². The average molecular weight is 700 g/mol. The number of hydrogen-bond acceptors (Lipinski definition) is 2. The van der Waals surface area contributed by atoms with Gasteiger partial charge in [-0.2, -0.15) is 10.5 Å². The molecule has 0 amide bonds. The minimum Gasteiger partial charge on any atom is -0.309 e. The Labute approximate surface area is 316 Å². The van der Waals surface area contributed by atoms with Gasteiger partial charge in [-0.05, 0) is 72.3 Å². The summed E-state index contributed by atoms with van der Waals surface area (Å²) in [5.41, 5.74) is 12.5. The molecule has 5 heteroatoms. The molecule has 254 valence electrons. The highest BCUT2D eigenvalue weighted by Crippen LogP contribution is 2.41. The summed E-state index contributed by atoms with van der Waals surface area (Å²) in [6, 6.07) is 65.9. The van der Waals surface area contributed by atoms with Crippen molar-refractivity contribution in [3.8, 4) is 40.3 Å². The smallest absolute Gasteiger partial charge is 0.101 e. The van der Waals surface area contributed by atoms with E-state index in [4.69, 9.17) is 0 Å². The first-order chi connectivity index (χ1) is 27.2. The highest BCUT2D eigenvalue weighted by Gasteiger charge is 2.21. The van der Waals surface area contributed by atoms with Gasteiger partial charge in [0, 0.05) is 43.6 Å². The largest absolute Gasteiger partial charge is 0.309 e. The molecule has 0 unspecified atom stereocenters. The van der Waals surface area contributed by atoms with Crippen molar-refractivity contribution in [2.75, 3.05) is 0 Å². The van der Waals surface area contributed by atoms with Crippen molar-refractivity contribution >= 4 is 65.4 Å². The van der Waals surface area contributed by atoms with E-state index in [9.17, 15) is 10.5 Å². The van der Waals surface area contributed by atoms with Gasteiger partial charge in [-0.3, -0.25) is 0 Å². The number of hydrogen-bond donors (Lipinski definition) is 0. The summed E-state index contributed by atoms with van der Waals surface area (Å²) in [6.45, 7) is 0. The van der Waals surface area contributed by atoms with Gasteiger partial charge in [0.05, 0.1) is 61.7 Å². The molecule has 8 aromatic carbocycles. The first-order valence-corrected chi connectivity index (χ1v) is 18.3. The molecule has 0 spiro atoms. The Balaban J connectivity index is 1.12. The summed E-state index contributed by atoms with van der Waals surface area (Å²) < 4.78 is 6.91. The zero-order chi connectivity index (χ0) is 36.6. The first-order valence-electron chi connectivity index (χ1n) is 18.3. The second-order valence-corrected chi connectivity index (χ2v) is 14.0. The second kappa shape index (κ2) is 11.8. The predicted octanol–water partition coefficient (Wildman–Crippen LogP) is 12.4. The van der Waals surface area contributed by atoms with Crippen LogP contribution in [-0.4, -0.2) is 13.7 Å². The number of para-hydroxylation sites is 5. The van der Waals surface area contributed by atoms with Crippen molar-refractivity contribution in [2.45, 2.75) is 0 Å². The van der Waals surface area contributed by atoms with Crippen LogP contribution < -0.4 is 0 Å². The van der Waals surface area contributed by atoms with Crippen molar-refractivity contribution in [2.24, 2.45) is 0 Å². The molecule has 11 aromatic rings. The van der Waals surface area contributed by atoms with Gasteiger partial charge < -0.3 is 13.7 Å². The maximum atomic E-state index is 10.5. The molecule has 0 aliphatic rings. The van der Waals surface area contributed by atoms with Gasteiger partial charge in [0.1, 0.15) is 6.07 Å². The summed E-state index contributed by atoms with van der Waals surface area (Å²) in [4.78, 5) is 0. The lowest BCUT2D eigenvalue weighted by Gasteiger charge is -2.16. The lowest BCUT2D eigenvalue weighted by Crippen LogP contribution is -2.01. The van der Waals surface area contributed by atoms with Gasteiger partial charge in [0.2, 0.25) is 0 Å². The van der Waals surface area contributed by atoms with E-state index in [1.807, 2.05) is 42.5 Å². The number of rotatable bonds is 4. The van der Waals surface area contributed by atoms with Gasteiger partial charge in [0.25, 0.3) is 0 Å². The van der Waals surface area contributed by atoms with Crippen molar-refractivity contribution in [1.29, 1.82) is 10.5 Å². The number of benzene rings is 8. The summed E-state index contributed by atoms with van der Waals surface area (Å²) in [6.07, 6.45) is 0. The lowest BCUT2D eigenvalue weighted by atomic mass is 9.99. The highest BCUT2D eigenvalue weighted by atomic mass is 15.0. The molecule has 0 bridgehead atoms. The molecule has 3 aromatic heterocycles. The van der Waals surface area contributed by atoms with E-state index < -0.39 is 0 Å². The summed E-state index contributed by atoms with van der Waals surface area (Å²) in [7, 11) is 0. The van der Waals surface area contributed by atoms with Gasteiger partial charge in [-0.1, -0.05) is 109 Å². The van der Waals surface area contributed by atoms with Crippen LogP contribution in [0.4, 0.5) is 0 Å². The van der Waals surface area contributed by atoms with Crippen molar-refractivity contribution in [1.82, 2.24) is 13.7 Å². The topological polar surface area (TPSA) is 62.4 Å². The molecule has 0 radical (unpaired) electrons. The fourth-order valence-electron chi connectivity index (χ4n) is 8.83. The Morgan fingerprint density at radius 1 is 0.382 bits per heavy atom. The number of fused-ring (bicyclic) bond motifs is 9. The standard InChI is InChI=1S/C50H29N5/c51-30-32-23-28-40-39-14-3-7-19-44(39)55(48(40)29-32)50-34(31-52)11-9-16-36(50)33-24-26-35(27-25-33)53-45-20-8-4-15-41(45)49-46(53)21-10-22-47(49)54-42-17-5-1-12-37(42)38-13-2-6-18-43(38)54/h1-29H. The van der Waals surface area contributed by atoms with E-state index in [2.05, 4.69) is 159 Å². The SMILES string of the molecule is N#Cc1ccc2c3ccccc3n(-c3c(C#N)cccc3-c3ccc(-n4c5ccccc5c5c(-n6c7ccccc7c7ccccc76)cccc54)cc3)c2c1. The normalized spacial score (nSPS) is 11.6. The Bertz CT molecular complexity index is 3400. The number of nitrogens with zero attached hydrogens (tertiary/aromatic N) is 5. The predicted molar refractivity (Wildman–Crippen MR) is 224 cm³/mol. The molecule has 0 saturated heterocycles. The molecule has 0 atom stereocenters. The van der Waals surface area contributed by atoms with E-state index >= 15 is 0 Å². The maximum Gasteiger partial charge on any atom is 0.101 e. The summed E-state index contributed by atoms with van der Waals surface area (Å²) >= 11 is 0. The summed E-state index contributed by atoms with van der Waals surface area (Å²) in [5, 5.41) is 27.3. The van der Waals surface area contributed by atoms with Crippen LogP contribution in [0.1, 0.15) is 11.1 Å². The van der Waals surface area contributed by atoms with Gasteiger partial charge in [-0.25, -0.2) is 0 Å². The van der Waals surface area contributed by atoms with Crippen LogP contribution in [0.15, 0.2) is 176 Å². The molecule has 0 aliphatic carbocycles. The van der Waals surface area contributed by atoms with Crippen LogP contribution in [0.25, 0.3) is 93.6 Å². The monoisotopic (exact) mass is 699 g/mol. The molecule has 0 saturated carbocycles. The summed E-state index contributed by atoms with van der Waals surface area (Å²) in [5.74, 6) is 0. The lowest BCUT2D eigenvalue weighted by molar-refractivity contribution is 1.16. The molecule has 3 heterocycles. The Kier molecular flexibility index (Phi) is 6.61. The average Bonchev–Trinajstić information content (AvgIpc) is 3.89. The Hall–Kier alpha value is -7.86. The molecule has 0 aliphatic heterocycles. The van der Waals surface area contributed by atoms with Crippen molar-refractivity contribution < 1.29 is 0 Å². The number of nitriles is 2. The first kappa shape index (κ1) is 30.7. The van der Waals surface area contributed by atoms with Gasteiger partial charge in [0.15, 0.2) is 0 Å². The minimum atomic E-state index is 0.562. The Morgan fingerprint density at radius 2 is 0.927 bits per heavy atom. The fraction of sp³-hybridized carbons (Fsp3) is 0. The molecule has 0 N–H and O–H groups in total. The minimum absolute atomic E-state index is 0.562. The zero-order valence-electron chi connectivity index (χ0n) is 29.5. The third-order valence-electron chi connectivity index (χ3n) is 11.1. The Morgan fingerprint density at radius 3 is 1.56 bits per heavy atom. The second-order valence-electron chi connectivity index (χ2n) is 14.0. The molecule has 5 nitrogen and oxygen atoms in total. The van der Waals surface area contributed by atoms with E-state index in [0.29, 0.717) is 11.1 Å². The van der Waals surface area contributed by atoms with Crippen LogP contribution in [0.3, 0.4) is 0 Å². The molecule has 55 heavy (non-hydrogen) atoms. The van der Waals surface area contributed by atoms with Gasteiger partial charge in [-0.15, -0.1) is 0 Å². The zero-order valence-corrected chi connectivity index (χ0v) is 29.5. The quantitative estimate of drug-likeness (QED) is 0.184. The fourth-order valence-corrected chi connectivity index (χ4v) is 8.83. The highest BCUT2D eigenvalue weighted by molar-refractivity contribution is 6.16. The van der Waals surface area contributed by atoms with Crippen LogP contribution in [0, 0.1) is 22.7 Å². The van der Waals surface area contributed by atoms with Crippen molar-refractivity contribution in [3.05, 3.63) is 187 Å².